The van der Waals surface area contributed by atoms with Crippen LogP contribution < -0.4 is 0 Å². The third-order valence-corrected chi connectivity index (χ3v) is 5.14. The number of carbonyl (C=O) groups is 1. The van der Waals surface area contributed by atoms with Gasteiger partial charge in [-0.3, -0.25) is 4.79 Å². The lowest BCUT2D eigenvalue weighted by Gasteiger charge is -2.31. The van der Waals surface area contributed by atoms with Gasteiger partial charge in [-0.2, -0.15) is 0 Å². The van der Waals surface area contributed by atoms with E-state index in [1.807, 2.05) is 18.7 Å². The summed E-state index contributed by atoms with van der Waals surface area (Å²) in [5, 5.41) is 8.23. The second-order valence-electron chi connectivity index (χ2n) is 6.03. The second-order valence-corrected chi connectivity index (χ2v) is 7.32. The molecule has 0 bridgehead atoms. The van der Waals surface area contributed by atoms with Gasteiger partial charge in [0.1, 0.15) is 5.76 Å². The summed E-state index contributed by atoms with van der Waals surface area (Å²) < 4.78 is 10.9. The van der Waals surface area contributed by atoms with Gasteiger partial charge in [0.25, 0.3) is 11.1 Å². The highest BCUT2D eigenvalue weighted by Crippen LogP contribution is 2.29. The van der Waals surface area contributed by atoms with E-state index in [4.69, 9.17) is 8.83 Å². The van der Waals surface area contributed by atoms with Gasteiger partial charge in [0, 0.05) is 13.1 Å². The van der Waals surface area contributed by atoms with Crippen LogP contribution in [0.3, 0.4) is 0 Å². The summed E-state index contributed by atoms with van der Waals surface area (Å²) in [5.41, 5.74) is 0.786. The Kier molecular flexibility index (Phi) is 4.75. The quantitative estimate of drug-likeness (QED) is 0.798. The summed E-state index contributed by atoms with van der Waals surface area (Å²) in [4.78, 5) is 14.4. The molecule has 1 aliphatic heterocycles. The lowest BCUT2D eigenvalue weighted by molar-refractivity contribution is -0.131. The van der Waals surface area contributed by atoms with Crippen molar-refractivity contribution in [2.75, 3.05) is 13.1 Å². The molecule has 0 spiro atoms. The molecule has 2 aromatic heterocycles. The molecule has 1 fully saturated rings. The fraction of sp³-hybridized carbons (Fsp3) is 0.562. The highest BCUT2D eigenvalue weighted by molar-refractivity contribution is 8.00. The summed E-state index contributed by atoms with van der Waals surface area (Å²) in [5.74, 6) is 2.00. The summed E-state index contributed by atoms with van der Waals surface area (Å²) in [6, 6.07) is 1.79. The van der Waals surface area contributed by atoms with Gasteiger partial charge in [-0.25, -0.2) is 0 Å². The molecule has 2 aromatic rings. The van der Waals surface area contributed by atoms with E-state index in [1.165, 1.54) is 11.8 Å². The molecule has 7 heteroatoms. The molecule has 6 nitrogen and oxygen atoms in total. The fourth-order valence-electron chi connectivity index (χ4n) is 2.66. The smallest absolute Gasteiger partial charge is 0.277 e. The Bertz CT molecular complexity index is 674. The summed E-state index contributed by atoms with van der Waals surface area (Å²) in [7, 11) is 0. The number of thioether (sulfide) groups is 1. The van der Waals surface area contributed by atoms with Crippen LogP contribution in [0.4, 0.5) is 0 Å². The van der Waals surface area contributed by atoms with Gasteiger partial charge in [-0.15, -0.1) is 10.2 Å². The molecule has 1 atom stereocenters. The molecule has 3 rings (SSSR count). The van der Waals surface area contributed by atoms with Gasteiger partial charge < -0.3 is 13.7 Å². The molecule has 0 radical (unpaired) electrons. The molecule has 3 heterocycles. The molecular weight excluding hydrogens is 314 g/mol. The zero-order valence-corrected chi connectivity index (χ0v) is 14.4. The average Bonchev–Trinajstić information content (AvgIpc) is 3.16. The number of amides is 1. The van der Waals surface area contributed by atoms with Crippen LogP contribution in [0.15, 0.2) is 26.4 Å². The Balaban J connectivity index is 1.62. The van der Waals surface area contributed by atoms with Crippen molar-refractivity contribution in [1.82, 2.24) is 15.1 Å². The van der Waals surface area contributed by atoms with Gasteiger partial charge in [-0.1, -0.05) is 18.7 Å². The number of nitrogens with zero attached hydrogens (tertiary/aromatic N) is 3. The van der Waals surface area contributed by atoms with E-state index >= 15 is 0 Å². The summed E-state index contributed by atoms with van der Waals surface area (Å²) in [6.45, 7) is 7.65. The van der Waals surface area contributed by atoms with Crippen molar-refractivity contribution in [1.29, 1.82) is 0 Å². The normalized spacial score (nSPS) is 17.4. The molecule has 1 saturated heterocycles. The Morgan fingerprint density at radius 2 is 2.13 bits per heavy atom. The van der Waals surface area contributed by atoms with Crippen LogP contribution in [0, 0.1) is 12.8 Å². The van der Waals surface area contributed by atoms with E-state index < -0.39 is 0 Å². The number of aromatic nitrogens is 2. The first kappa shape index (κ1) is 16.1. The van der Waals surface area contributed by atoms with Gasteiger partial charge in [0.15, 0.2) is 0 Å². The molecule has 1 amide bonds. The minimum absolute atomic E-state index is 0.140. The average molecular weight is 335 g/mol. The van der Waals surface area contributed by atoms with Crippen molar-refractivity contribution in [3.05, 3.63) is 18.1 Å². The van der Waals surface area contributed by atoms with Gasteiger partial charge in [0.05, 0.1) is 17.1 Å². The predicted molar refractivity (Wildman–Crippen MR) is 87.0 cm³/mol. The first-order chi connectivity index (χ1) is 11.0. The maximum atomic E-state index is 12.5. The van der Waals surface area contributed by atoms with Crippen molar-refractivity contribution in [3.63, 3.8) is 0 Å². The number of piperidine rings is 1. The maximum Gasteiger partial charge on any atom is 0.277 e. The number of hydrogen-bond donors (Lipinski definition) is 0. The molecule has 1 aliphatic rings. The second kappa shape index (κ2) is 6.78. The number of rotatable bonds is 4. The highest BCUT2D eigenvalue weighted by Gasteiger charge is 2.26. The number of likely N-dealkylation sites (tertiary alicyclic amines) is 1. The molecule has 23 heavy (non-hydrogen) atoms. The summed E-state index contributed by atoms with van der Waals surface area (Å²) in [6.07, 6.45) is 3.74. The molecular formula is C16H21N3O3S. The lowest BCUT2D eigenvalue weighted by Crippen LogP contribution is -2.41. The van der Waals surface area contributed by atoms with E-state index in [2.05, 4.69) is 17.1 Å². The van der Waals surface area contributed by atoms with E-state index in [1.54, 1.807) is 12.3 Å². The molecule has 0 N–H and O–H groups in total. The van der Waals surface area contributed by atoms with Crippen LogP contribution in [-0.4, -0.2) is 39.3 Å². The molecule has 0 aliphatic carbocycles. The first-order valence-electron chi connectivity index (χ1n) is 7.88. The van der Waals surface area contributed by atoms with Crippen LogP contribution in [0.2, 0.25) is 0 Å². The predicted octanol–water partition coefficient (Wildman–Crippen LogP) is 3.38. The van der Waals surface area contributed by atoms with Gasteiger partial charge >= 0.3 is 0 Å². The Morgan fingerprint density at radius 3 is 2.78 bits per heavy atom. The van der Waals surface area contributed by atoms with Crippen LogP contribution in [0.5, 0.6) is 0 Å². The maximum absolute atomic E-state index is 12.5. The zero-order chi connectivity index (χ0) is 16.4. The van der Waals surface area contributed by atoms with Gasteiger partial charge in [0.2, 0.25) is 5.91 Å². The van der Waals surface area contributed by atoms with E-state index in [0.29, 0.717) is 17.0 Å². The van der Waals surface area contributed by atoms with E-state index in [-0.39, 0.29) is 11.2 Å². The summed E-state index contributed by atoms with van der Waals surface area (Å²) >= 11 is 1.31. The van der Waals surface area contributed by atoms with Crippen molar-refractivity contribution < 1.29 is 13.6 Å². The van der Waals surface area contributed by atoms with Gasteiger partial charge in [-0.05, 0) is 38.7 Å². The fourth-order valence-corrected chi connectivity index (χ4v) is 3.43. The minimum atomic E-state index is -0.234. The number of carbonyl (C=O) groups excluding carboxylic acids is 1. The molecule has 0 saturated carbocycles. The molecule has 0 aromatic carbocycles. The third kappa shape index (κ3) is 3.60. The van der Waals surface area contributed by atoms with Crippen molar-refractivity contribution in [2.24, 2.45) is 5.92 Å². The van der Waals surface area contributed by atoms with Crippen molar-refractivity contribution in [2.45, 2.75) is 44.1 Å². The van der Waals surface area contributed by atoms with Crippen LogP contribution in [0.25, 0.3) is 11.5 Å². The number of hydrogen-bond acceptors (Lipinski definition) is 6. The Labute approximate surface area is 139 Å². The Hall–Kier alpha value is -1.76. The third-order valence-electron chi connectivity index (χ3n) is 4.22. The van der Waals surface area contributed by atoms with Crippen molar-refractivity contribution in [3.8, 4) is 11.5 Å². The van der Waals surface area contributed by atoms with Crippen LogP contribution in [0.1, 0.15) is 32.4 Å². The first-order valence-corrected chi connectivity index (χ1v) is 8.76. The largest absolute Gasteiger partial charge is 0.469 e. The van der Waals surface area contributed by atoms with Crippen molar-refractivity contribution >= 4 is 17.7 Å². The molecule has 1 unspecified atom stereocenters. The topological polar surface area (TPSA) is 72.4 Å². The number of aryl methyl sites for hydroxylation is 1. The number of furan rings is 1. The van der Waals surface area contributed by atoms with E-state index in [0.717, 1.165) is 37.3 Å². The standard InChI is InChI=1S/C16H21N3O3S/c1-10-4-7-19(8-5-10)15(20)12(3)23-16-18-17-14(22-16)13-6-9-21-11(13)2/h6,9-10,12H,4-5,7-8H2,1-3H3. The van der Waals surface area contributed by atoms with E-state index in [9.17, 15) is 4.79 Å². The van der Waals surface area contributed by atoms with Crippen LogP contribution >= 0.6 is 11.8 Å². The lowest BCUT2D eigenvalue weighted by atomic mass is 9.99. The zero-order valence-electron chi connectivity index (χ0n) is 13.6. The Morgan fingerprint density at radius 1 is 1.39 bits per heavy atom. The van der Waals surface area contributed by atoms with Crippen LogP contribution in [-0.2, 0) is 4.79 Å². The highest BCUT2D eigenvalue weighted by atomic mass is 32.2. The monoisotopic (exact) mass is 335 g/mol. The minimum Gasteiger partial charge on any atom is -0.469 e. The SMILES string of the molecule is Cc1occc1-c1nnc(SC(C)C(=O)N2CCC(C)CC2)o1. The molecule has 124 valence electrons.